The van der Waals surface area contributed by atoms with Crippen molar-refractivity contribution >= 4 is 23.1 Å². The van der Waals surface area contributed by atoms with Crippen molar-refractivity contribution in [1.29, 1.82) is 0 Å². The van der Waals surface area contributed by atoms with Crippen molar-refractivity contribution in [2.24, 2.45) is 0 Å². The molecule has 0 saturated heterocycles. The summed E-state index contributed by atoms with van der Waals surface area (Å²) >= 11 is 6.07. The zero-order valence-electron chi connectivity index (χ0n) is 12.3. The van der Waals surface area contributed by atoms with Crippen LogP contribution in [-0.2, 0) is 0 Å². The molecule has 0 aromatic carbocycles. The second kappa shape index (κ2) is 7.09. The maximum Gasteiger partial charge on any atom is 0.157 e. The van der Waals surface area contributed by atoms with Crippen LogP contribution in [0.2, 0.25) is 5.15 Å². The first-order valence-electron chi connectivity index (χ1n) is 7.44. The summed E-state index contributed by atoms with van der Waals surface area (Å²) in [5.74, 6) is 1.99. The van der Waals surface area contributed by atoms with Crippen LogP contribution < -0.4 is 11.1 Å². The van der Waals surface area contributed by atoms with E-state index in [0.717, 1.165) is 51.3 Å². The molecule has 5 nitrogen and oxygen atoms in total. The molecule has 0 amide bonds. The monoisotopic (exact) mass is 297 g/mol. The summed E-state index contributed by atoms with van der Waals surface area (Å²) in [6.45, 7) is 8.46. The van der Waals surface area contributed by atoms with Gasteiger partial charge in [0, 0.05) is 12.5 Å². The Labute approximate surface area is 125 Å². The molecule has 1 aromatic rings. The highest BCUT2D eigenvalue weighted by molar-refractivity contribution is 6.32. The Morgan fingerprint density at radius 2 is 2.00 bits per heavy atom. The zero-order valence-corrected chi connectivity index (χ0v) is 13.1. The molecule has 1 fully saturated rings. The number of rotatable bonds is 8. The summed E-state index contributed by atoms with van der Waals surface area (Å²) in [7, 11) is 0. The van der Waals surface area contributed by atoms with E-state index in [4.69, 9.17) is 17.3 Å². The molecule has 0 atom stereocenters. The van der Waals surface area contributed by atoms with Crippen molar-refractivity contribution in [3.63, 3.8) is 0 Å². The van der Waals surface area contributed by atoms with Gasteiger partial charge in [0.2, 0.25) is 0 Å². The Morgan fingerprint density at radius 1 is 1.30 bits per heavy atom. The Kier molecular flexibility index (Phi) is 5.43. The molecule has 3 N–H and O–H groups in total. The number of nitrogen functional groups attached to an aromatic ring is 1. The minimum absolute atomic E-state index is 0.369. The van der Waals surface area contributed by atoms with Crippen LogP contribution in [0.15, 0.2) is 0 Å². The SMILES string of the molecule is CCN(CC)CCCNc1nc(C2CC2)nc(Cl)c1N. The van der Waals surface area contributed by atoms with Crippen LogP contribution in [-0.4, -0.2) is 41.0 Å². The molecular weight excluding hydrogens is 274 g/mol. The van der Waals surface area contributed by atoms with Crippen LogP contribution in [0.4, 0.5) is 11.5 Å². The Morgan fingerprint density at radius 3 is 2.60 bits per heavy atom. The van der Waals surface area contributed by atoms with E-state index in [1.807, 2.05) is 0 Å². The van der Waals surface area contributed by atoms with E-state index in [-0.39, 0.29) is 0 Å². The molecule has 6 heteroatoms. The fraction of sp³-hybridized carbons (Fsp3) is 0.714. The van der Waals surface area contributed by atoms with E-state index >= 15 is 0 Å². The van der Waals surface area contributed by atoms with Gasteiger partial charge in [-0.2, -0.15) is 0 Å². The van der Waals surface area contributed by atoms with Crippen LogP contribution in [0.1, 0.15) is 44.9 Å². The van der Waals surface area contributed by atoms with E-state index in [1.165, 1.54) is 0 Å². The van der Waals surface area contributed by atoms with E-state index in [9.17, 15) is 0 Å². The smallest absolute Gasteiger partial charge is 0.157 e. The highest BCUT2D eigenvalue weighted by atomic mass is 35.5. The van der Waals surface area contributed by atoms with Gasteiger partial charge >= 0.3 is 0 Å². The molecule has 1 aromatic heterocycles. The predicted octanol–water partition coefficient (Wildman–Crippen LogP) is 2.73. The molecule has 2 rings (SSSR count). The van der Waals surface area contributed by atoms with E-state index in [0.29, 0.717) is 22.6 Å². The average molecular weight is 298 g/mol. The number of nitrogens with zero attached hydrogens (tertiary/aromatic N) is 3. The maximum atomic E-state index is 6.07. The number of anilines is 2. The second-order valence-corrected chi connectivity index (χ2v) is 5.57. The number of nitrogens with one attached hydrogen (secondary N) is 1. The van der Waals surface area contributed by atoms with Crippen LogP contribution >= 0.6 is 11.6 Å². The van der Waals surface area contributed by atoms with Gasteiger partial charge in [-0.1, -0.05) is 25.4 Å². The van der Waals surface area contributed by atoms with Gasteiger partial charge in [0.15, 0.2) is 11.0 Å². The quantitative estimate of drug-likeness (QED) is 0.570. The predicted molar refractivity (Wildman–Crippen MR) is 84.3 cm³/mol. The van der Waals surface area contributed by atoms with Gasteiger partial charge < -0.3 is 16.0 Å². The molecule has 1 heterocycles. The van der Waals surface area contributed by atoms with Gasteiger partial charge in [0.05, 0.1) is 0 Å². The first kappa shape index (κ1) is 15.3. The molecule has 20 heavy (non-hydrogen) atoms. The summed E-state index contributed by atoms with van der Waals surface area (Å²) in [6, 6.07) is 0. The molecule has 1 aliphatic carbocycles. The van der Waals surface area contributed by atoms with Gasteiger partial charge in [-0.3, -0.25) is 0 Å². The first-order valence-corrected chi connectivity index (χ1v) is 7.82. The highest BCUT2D eigenvalue weighted by Gasteiger charge is 2.28. The lowest BCUT2D eigenvalue weighted by molar-refractivity contribution is 0.303. The van der Waals surface area contributed by atoms with Crippen molar-refractivity contribution in [3.8, 4) is 0 Å². The van der Waals surface area contributed by atoms with Crippen molar-refractivity contribution in [2.45, 2.75) is 39.0 Å². The van der Waals surface area contributed by atoms with Crippen molar-refractivity contribution in [3.05, 3.63) is 11.0 Å². The van der Waals surface area contributed by atoms with Gasteiger partial charge in [0.1, 0.15) is 11.5 Å². The lowest BCUT2D eigenvalue weighted by Gasteiger charge is -2.18. The van der Waals surface area contributed by atoms with Crippen LogP contribution in [0.3, 0.4) is 0 Å². The average Bonchev–Trinajstić information content (AvgIpc) is 3.27. The summed E-state index contributed by atoms with van der Waals surface area (Å²) in [4.78, 5) is 11.2. The number of halogens is 1. The van der Waals surface area contributed by atoms with Crippen molar-refractivity contribution in [2.75, 3.05) is 37.2 Å². The van der Waals surface area contributed by atoms with Crippen LogP contribution in [0.5, 0.6) is 0 Å². The topological polar surface area (TPSA) is 67.1 Å². The third-order valence-electron chi connectivity index (χ3n) is 3.70. The highest BCUT2D eigenvalue weighted by Crippen LogP contribution is 2.40. The summed E-state index contributed by atoms with van der Waals surface area (Å²) in [5, 5.41) is 3.66. The third-order valence-corrected chi connectivity index (χ3v) is 3.99. The lowest BCUT2D eigenvalue weighted by atomic mass is 10.3. The largest absolute Gasteiger partial charge is 0.393 e. The van der Waals surface area contributed by atoms with Crippen LogP contribution in [0.25, 0.3) is 0 Å². The molecular formula is C14H24ClN5. The van der Waals surface area contributed by atoms with E-state index < -0.39 is 0 Å². The van der Waals surface area contributed by atoms with Crippen molar-refractivity contribution < 1.29 is 0 Å². The van der Waals surface area contributed by atoms with E-state index in [1.54, 1.807) is 0 Å². The van der Waals surface area contributed by atoms with Gasteiger partial charge in [-0.05, 0) is 38.9 Å². The molecule has 0 aliphatic heterocycles. The molecule has 112 valence electrons. The molecule has 0 radical (unpaired) electrons. The lowest BCUT2D eigenvalue weighted by Crippen LogP contribution is -2.25. The number of aromatic nitrogens is 2. The molecule has 1 saturated carbocycles. The fourth-order valence-corrected chi connectivity index (χ4v) is 2.34. The zero-order chi connectivity index (χ0) is 14.5. The van der Waals surface area contributed by atoms with E-state index in [2.05, 4.69) is 34.0 Å². The minimum atomic E-state index is 0.369. The molecule has 0 unspecified atom stereocenters. The Bertz CT molecular complexity index is 443. The molecule has 0 spiro atoms. The maximum absolute atomic E-state index is 6.07. The molecule has 1 aliphatic rings. The third kappa shape index (κ3) is 3.96. The second-order valence-electron chi connectivity index (χ2n) is 5.22. The molecule has 0 bridgehead atoms. The van der Waals surface area contributed by atoms with Crippen molar-refractivity contribution in [1.82, 2.24) is 14.9 Å². The Balaban J connectivity index is 1.88. The number of hydrogen-bond acceptors (Lipinski definition) is 5. The fourth-order valence-electron chi connectivity index (χ4n) is 2.17. The van der Waals surface area contributed by atoms with Crippen LogP contribution in [0, 0.1) is 0 Å². The summed E-state index contributed by atoms with van der Waals surface area (Å²) < 4.78 is 0. The summed E-state index contributed by atoms with van der Waals surface area (Å²) in [5.41, 5.74) is 6.39. The number of hydrogen-bond donors (Lipinski definition) is 2. The van der Waals surface area contributed by atoms with Gasteiger partial charge in [-0.15, -0.1) is 0 Å². The normalized spacial score (nSPS) is 14.8. The standard InChI is InChI=1S/C14H24ClN5/c1-3-20(4-2)9-5-8-17-14-11(16)12(15)18-13(19-14)10-6-7-10/h10H,3-9,16H2,1-2H3,(H,17,18,19). The van der Waals surface area contributed by atoms with Gasteiger partial charge in [-0.25, -0.2) is 9.97 Å². The minimum Gasteiger partial charge on any atom is -0.393 e. The first-order chi connectivity index (χ1) is 9.65. The number of nitrogens with two attached hydrogens (primary N) is 1. The summed E-state index contributed by atoms with van der Waals surface area (Å²) in [6.07, 6.45) is 3.37. The van der Waals surface area contributed by atoms with Gasteiger partial charge in [0.25, 0.3) is 0 Å². The Hall–Kier alpha value is -1.07.